The molecule has 4 nitrogen and oxygen atoms in total. The van der Waals surface area contributed by atoms with Crippen LogP contribution in [-0.4, -0.2) is 23.3 Å². The van der Waals surface area contributed by atoms with Crippen LogP contribution in [0.2, 0.25) is 5.02 Å². The summed E-state index contributed by atoms with van der Waals surface area (Å²) >= 11 is 6.17. The van der Waals surface area contributed by atoms with Gasteiger partial charge in [0.2, 0.25) is 11.8 Å². The summed E-state index contributed by atoms with van der Waals surface area (Å²) in [4.78, 5) is 26.6. The van der Waals surface area contributed by atoms with Crippen LogP contribution in [0.15, 0.2) is 42.5 Å². The Morgan fingerprint density at radius 2 is 1.92 bits per heavy atom. The van der Waals surface area contributed by atoms with Crippen LogP contribution in [0.1, 0.15) is 23.1 Å². The number of halogens is 1. The van der Waals surface area contributed by atoms with Gasteiger partial charge in [-0.2, -0.15) is 0 Å². The second kappa shape index (κ2) is 7.28. The van der Waals surface area contributed by atoms with Gasteiger partial charge in [-0.25, -0.2) is 0 Å². The predicted molar refractivity (Wildman–Crippen MR) is 99.5 cm³/mol. The molecule has 3 rings (SSSR count). The van der Waals surface area contributed by atoms with E-state index >= 15 is 0 Å². The average molecular weight is 357 g/mol. The molecule has 1 atom stereocenters. The SMILES string of the molecule is Cc1ccc(CN2CC(C(=O)Nc3c(C)cccc3Cl)CC2=O)cc1. The van der Waals surface area contributed by atoms with E-state index in [9.17, 15) is 9.59 Å². The number of rotatable bonds is 4. The Morgan fingerprint density at radius 1 is 1.20 bits per heavy atom. The van der Waals surface area contributed by atoms with E-state index in [1.165, 1.54) is 5.56 Å². The minimum atomic E-state index is -0.353. The number of amides is 2. The lowest BCUT2D eigenvalue weighted by Gasteiger charge is -2.17. The van der Waals surface area contributed by atoms with Crippen molar-refractivity contribution >= 4 is 29.1 Å². The van der Waals surface area contributed by atoms with E-state index < -0.39 is 0 Å². The summed E-state index contributed by atoms with van der Waals surface area (Å²) in [5.41, 5.74) is 3.78. The number of aryl methyl sites for hydroxylation is 2. The minimum absolute atomic E-state index is 0.0107. The third kappa shape index (κ3) is 4.02. The normalized spacial score (nSPS) is 17.0. The molecule has 2 aromatic carbocycles. The topological polar surface area (TPSA) is 49.4 Å². The van der Waals surface area contributed by atoms with Crippen molar-refractivity contribution in [2.24, 2.45) is 5.92 Å². The van der Waals surface area contributed by atoms with Crippen LogP contribution in [0.25, 0.3) is 0 Å². The van der Waals surface area contributed by atoms with Gasteiger partial charge in [0.15, 0.2) is 0 Å². The Balaban J connectivity index is 1.65. The zero-order valence-corrected chi connectivity index (χ0v) is 15.1. The smallest absolute Gasteiger partial charge is 0.229 e. The number of para-hydroxylation sites is 1. The number of anilines is 1. The number of carbonyl (C=O) groups is 2. The Labute approximate surface area is 152 Å². The van der Waals surface area contributed by atoms with Crippen molar-refractivity contribution < 1.29 is 9.59 Å². The summed E-state index contributed by atoms with van der Waals surface area (Å²) in [6.45, 7) is 4.89. The van der Waals surface area contributed by atoms with Gasteiger partial charge in [-0.1, -0.05) is 53.6 Å². The van der Waals surface area contributed by atoms with Gasteiger partial charge in [0.25, 0.3) is 0 Å². The maximum Gasteiger partial charge on any atom is 0.229 e. The first kappa shape index (κ1) is 17.5. The van der Waals surface area contributed by atoms with Crippen LogP contribution in [-0.2, 0) is 16.1 Å². The Bertz CT molecular complexity index is 782. The summed E-state index contributed by atoms with van der Waals surface area (Å²) in [6.07, 6.45) is 0.237. The molecular formula is C20H21ClN2O2. The third-order valence-corrected chi connectivity index (χ3v) is 4.86. The largest absolute Gasteiger partial charge is 0.338 e. The van der Waals surface area contributed by atoms with Gasteiger partial charge in [0.1, 0.15) is 0 Å². The summed E-state index contributed by atoms with van der Waals surface area (Å²) in [7, 11) is 0. The Kier molecular flexibility index (Phi) is 5.09. The molecule has 130 valence electrons. The van der Waals surface area contributed by atoms with Gasteiger partial charge in [-0.05, 0) is 31.0 Å². The number of likely N-dealkylation sites (tertiary alicyclic amines) is 1. The second-order valence-corrected chi connectivity index (χ2v) is 6.99. The monoisotopic (exact) mass is 356 g/mol. The lowest BCUT2D eigenvalue weighted by atomic mass is 10.1. The number of hydrogen-bond donors (Lipinski definition) is 1. The molecule has 0 bridgehead atoms. The molecule has 0 radical (unpaired) electrons. The number of nitrogens with one attached hydrogen (secondary N) is 1. The van der Waals surface area contributed by atoms with Gasteiger partial charge in [0.05, 0.1) is 16.6 Å². The molecule has 0 saturated carbocycles. The van der Waals surface area contributed by atoms with Crippen molar-refractivity contribution in [1.29, 1.82) is 0 Å². The number of benzene rings is 2. The summed E-state index contributed by atoms with van der Waals surface area (Å²) < 4.78 is 0. The third-order valence-electron chi connectivity index (χ3n) is 4.55. The van der Waals surface area contributed by atoms with Crippen LogP contribution in [0.4, 0.5) is 5.69 Å². The van der Waals surface area contributed by atoms with Crippen molar-refractivity contribution in [2.45, 2.75) is 26.8 Å². The highest BCUT2D eigenvalue weighted by Crippen LogP contribution is 2.27. The van der Waals surface area contributed by atoms with Crippen molar-refractivity contribution in [2.75, 3.05) is 11.9 Å². The molecule has 0 aliphatic carbocycles. The van der Waals surface area contributed by atoms with E-state index in [4.69, 9.17) is 11.6 Å². The molecule has 1 aliphatic rings. The van der Waals surface area contributed by atoms with Gasteiger partial charge in [-0.15, -0.1) is 0 Å². The lowest BCUT2D eigenvalue weighted by molar-refractivity contribution is -0.128. The van der Waals surface area contributed by atoms with Crippen LogP contribution in [0.3, 0.4) is 0 Å². The van der Waals surface area contributed by atoms with Crippen LogP contribution >= 0.6 is 11.6 Å². The lowest BCUT2D eigenvalue weighted by Crippen LogP contribution is -2.28. The molecular weight excluding hydrogens is 336 g/mol. The van der Waals surface area contributed by atoms with Gasteiger partial charge in [0, 0.05) is 19.5 Å². The minimum Gasteiger partial charge on any atom is -0.338 e. The van der Waals surface area contributed by atoms with E-state index in [0.717, 1.165) is 11.1 Å². The average Bonchev–Trinajstić information content (AvgIpc) is 2.94. The summed E-state index contributed by atoms with van der Waals surface area (Å²) in [6, 6.07) is 13.6. The summed E-state index contributed by atoms with van der Waals surface area (Å²) in [5, 5.41) is 3.39. The Hall–Kier alpha value is -2.33. The molecule has 1 fully saturated rings. The first-order valence-electron chi connectivity index (χ1n) is 8.33. The molecule has 2 amide bonds. The first-order valence-corrected chi connectivity index (χ1v) is 8.71. The van der Waals surface area contributed by atoms with Crippen molar-refractivity contribution in [3.8, 4) is 0 Å². The molecule has 1 N–H and O–H groups in total. The molecule has 25 heavy (non-hydrogen) atoms. The standard InChI is InChI=1S/C20H21ClN2O2/c1-13-6-8-15(9-7-13)11-23-12-16(10-18(23)24)20(25)22-19-14(2)4-3-5-17(19)21/h3-9,16H,10-12H2,1-2H3,(H,22,25). The molecule has 2 aromatic rings. The highest BCUT2D eigenvalue weighted by Gasteiger charge is 2.34. The number of carbonyl (C=O) groups excluding carboxylic acids is 2. The van der Waals surface area contributed by atoms with E-state index in [-0.39, 0.29) is 24.2 Å². The molecule has 0 aromatic heterocycles. The van der Waals surface area contributed by atoms with Crippen molar-refractivity contribution in [3.05, 3.63) is 64.2 Å². The molecule has 1 heterocycles. The zero-order chi connectivity index (χ0) is 18.0. The maximum absolute atomic E-state index is 12.6. The molecule has 1 aliphatic heterocycles. The quantitative estimate of drug-likeness (QED) is 0.901. The van der Waals surface area contributed by atoms with Crippen LogP contribution < -0.4 is 5.32 Å². The van der Waals surface area contributed by atoms with E-state index in [2.05, 4.69) is 5.32 Å². The number of hydrogen-bond acceptors (Lipinski definition) is 2. The second-order valence-electron chi connectivity index (χ2n) is 6.58. The highest BCUT2D eigenvalue weighted by molar-refractivity contribution is 6.34. The molecule has 1 unspecified atom stereocenters. The van der Waals surface area contributed by atoms with Crippen molar-refractivity contribution in [3.63, 3.8) is 0 Å². The molecule has 1 saturated heterocycles. The fraction of sp³-hybridized carbons (Fsp3) is 0.300. The van der Waals surface area contributed by atoms with E-state index in [1.54, 1.807) is 11.0 Å². The number of nitrogens with zero attached hydrogens (tertiary/aromatic N) is 1. The fourth-order valence-corrected chi connectivity index (χ4v) is 3.30. The Morgan fingerprint density at radius 3 is 2.60 bits per heavy atom. The highest BCUT2D eigenvalue weighted by atomic mass is 35.5. The predicted octanol–water partition coefficient (Wildman–Crippen LogP) is 3.94. The maximum atomic E-state index is 12.6. The van der Waals surface area contributed by atoms with Crippen LogP contribution in [0.5, 0.6) is 0 Å². The zero-order valence-electron chi connectivity index (χ0n) is 14.4. The van der Waals surface area contributed by atoms with E-state index in [0.29, 0.717) is 23.8 Å². The van der Waals surface area contributed by atoms with Crippen molar-refractivity contribution in [1.82, 2.24) is 4.90 Å². The van der Waals surface area contributed by atoms with Gasteiger partial charge in [-0.3, -0.25) is 9.59 Å². The van der Waals surface area contributed by atoms with Gasteiger partial charge < -0.3 is 10.2 Å². The summed E-state index contributed by atoms with van der Waals surface area (Å²) in [5.74, 6) is -0.499. The van der Waals surface area contributed by atoms with Crippen LogP contribution in [0, 0.1) is 19.8 Å². The first-order chi connectivity index (χ1) is 11.9. The van der Waals surface area contributed by atoms with Gasteiger partial charge >= 0.3 is 0 Å². The molecule has 5 heteroatoms. The van der Waals surface area contributed by atoms with E-state index in [1.807, 2.05) is 50.2 Å². The molecule has 0 spiro atoms. The fourth-order valence-electron chi connectivity index (χ4n) is 3.03.